The van der Waals surface area contributed by atoms with E-state index in [0.29, 0.717) is 22.0 Å². The Balaban J connectivity index is 1.43. The van der Waals surface area contributed by atoms with Gasteiger partial charge in [0.05, 0.1) is 24.1 Å². The number of aromatic nitrogens is 1. The molecule has 4 rings (SSSR count). The first-order valence-corrected chi connectivity index (χ1v) is 12.6. The van der Waals surface area contributed by atoms with Crippen LogP contribution in [0.2, 0.25) is 5.02 Å². The second-order valence-electron chi connectivity index (χ2n) is 8.47. The normalized spacial score (nSPS) is 16.1. The number of thiazole rings is 1. The lowest BCUT2D eigenvalue weighted by atomic mass is 10.0. The van der Waals surface area contributed by atoms with Gasteiger partial charge in [0.15, 0.2) is 0 Å². The summed E-state index contributed by atoms with van der Waals surface area (Å²) in [6.07, 6.45) is 3.14. The number of nitrogens with zero attached hydrogens (tertiary/aromatic N) is 2. The lowest BCUT2D eigenvalue weighted by Crippen LogP contribution is -2.36. The molecule has 0 aliphatic carbocycles. The second-order valence-corrected chi connectivity index (χ2v) is 9.90. The number of esters is 1. The zero-order valence-electron chi connectivity index (χ0n) is 19.3. The molecule has 1 amide bonds. The number of amides is 1. The standard InChI is InChI=1S/C26H28ClN3O3S/c1-17-23(34-25(29-17)19-10-12-20(27)13-11-19)24(31)28-15-18-7-5-6-14-30(16-18)22-9-4-3-8-21(22)26(32)33-2/h3-4,8-13,18H,5-7,14-16H2,1-2H3,(H,28,31). The number of halogens is 1. The molecule has 2 aromatic carbocycles. The number of carbonyl (C=O) groups excluding carboxylic acids is 2. The zero-order valence-corrected chi connectivity index (χ0v) is 20.9. The molecule has 8 heteroatoms. The second kappa shape index (κ2) is 11.0. The van der Waals surface area contributed by atoms with Crippen molar-refractivity contribution < 1.29 is 14.3 Å². The molecular weight excluding hydrogens is 470 g/mol. The summed E-state index contributed by atoms with van der Waals surface area (Å²) in [6, 6.07) is 15.0. The highest BCUT2D eigenvalue weighted by Crippen LogP contribution is 2.29. The highest BCUT2D eigenvalue weighted by Gasteiger charge is 2.24. The molecule has 1 unspecified atom stereocenters. The van der Waals surface area contributed by atoms with Gasteiger partial charge in [-0.15, -0.1) is 11.3 Å². The minimum atomic E-state index is -0.332. The maximum Gasteiger partial charge on any atom is 0.339 e. The predicted molar refractivity (Wildman–Crippen MR) is 137 cm³/mol. The van der Waals surface area contributed by atoms with Gasteiger partial charge in [0.1, 0.15) is 9.88 Å². The Hall–Kier alpha value is -2.90. The van der Waals surface area contributed by atoms with Crippen LogP contribution in [0.25, 0.3) is 10.6 Å². The molecule has 6 nitrogen and oxygen atoms in total. The fourth-order valence-electron chi connectivity index (χ4n) is 4.29. The van der Waals surface area contributed by atoms with Crippen LogP contribution >= 0.6 is 22.9 Å². The number of benzene rings is 2. The summed E-state index contributed by atoms with van der Waals surface area (Å²) in [5, 5.41) is 4.60. The number of nitrogens with one attached hydrogen (secondary N) is 1. The molecule has 178 valence electrons. The van der Waals surface area contributed by atoms with Crippen molar-refractivity contribution in [1.29, 1.82) is 0 Å². The molecular formula is C26H28ClN3O3S. The number of carbonyl (C=O) groups is 2. The van der Waals surface area contributed by atoms with Gasteiger partial charge >= 0.3 is 5.97 Å². The summed E-state index contributed by atoms with van der Waals surface area (Å²) in [5.41, 5.74) is 3.13. The van der Waals surface area contributed by atoms with E-state index in [4.69, 9.17) is 16.3 Å². The third kappa shape index (κ3) is 5.59. The molecule has 0 radical (unpaired) electrons. The number of anilines is 1. The van der Waals surface area contributed by atoms with Gasteiger partial charge in [0.2, 0.25) is 0 Å². The number of aryl methyl sites for hydroxylation is 1. The summed E-state index contributed by atoms with van der Waals surface area (Å²) in [6.45, 7) is 4.08. The van der Waals surface area contributed by atoms with Gasteiger partial charge in [-0.25, -0.2) is 9.78 Å². The summed E-state index contributed by atoms with van der Waals surface area (Å²) < 4.78 is 4.97. The molecule has 1 aliphatic heterocycles. The van der Waals surface area contributed by atoms with Crippen molar-refractivity contribution in [2.24, 2.45) is 5.92 Å². The molecule has 1 saturated heterocycles. The predicted octanol–water partition coefficient (Wildman–Crippen LogP) is 5.60. The maximum absolute atomic E-state index is 13.0. The average molecular weight is 498 g/mol. The van der Waals surface area contributed by atoms with Crippen molar-refractivity contribution in [2.75, 3.05) is 31.6 Å². The number of para-hydroxylation sites is 1. The third-order valence-corrected chi connectivity index (χ3v) is 7.52. The van der Waals surface area contributed by atoms with E-state index in [1.54, 1.807) is 6.07 Å². The van der Waals surface area contributed by atoms with E-state index in [9.17, 15) is 9.59 Å². The fraction of sp³-hybridized carbons (Fsp3) is 0.346. The number of ether oxygens (including phenoxy) is 1. The van der Waals surface area contributed by atoms with Crippen LogP contribution in [0.1, 0.15) is 45.0 Å². The first kappa shape index (κ1) is 24.2. The van der Waals surface area contributed by atoms with Gasteiger partial charge in [-0.1, -0.05) is 42.3 Å². The molecule has 1 N–H and O–H groups in total. The highest BCUT2D eigenvalue weighted by atomic mass is 35.5. The molecule has 1 aromatic heterocycles. The summed E-state index contributed by atoms with van der Waals surface area (Å²) in [5.74, 6) is -0.149. The molecule has 34 heavy (non-hydrogen) atoms. The lowest BCUT2D eigenvalue weighted by molar-refractivity contribution is 0.0601. The molecule has 1 fully saturated rings. The highest BCUT2D eigenvalue weighted by molar-refractivity contribution is 7.17. The number of hydrogen-bond acceptors (Lipinski definition) is 6. The first-order valence-electron chi connectivity index (χ1n) is 11.4. The van der Waals surface area contributed by atoms with E-state index >= 15 is 0 Å². The van der Waals surface area contributed by atoms with Crippen molar-refractivity contribution in [3.05, 3.63) is 69.7 Å². The Morgan fingerprint density at radius 2 is 1.94 bits per heavy atom. The fourth-order valence-corrected chi connectivity index (χ4v) is 5.40. The van der Waals surface area contributed by atoms with Crippen LogP contribution in [0.5, 0.6) is 0 Å². The average Bonchev–Trinajstić information content (AvgIpc) is 3.09. The Bertz CT molecular complexity index is 1160. The molecule has 2 heterocycles. The van der Waals surface area contributed by atoms with E-state index in [1.807, 2.05) is 49.4 Å². The monoisotopic (exact) mass is 497 g/mol. The summed E-state index contributed by atoms with van der Waals surface area (Å²) in [7, 11) is 1.40. The number of rotatable bonds is 6. The largest absolute Gasteiger partial charge is 0.465 e. The Kier molecular flexibility index (Phi) is 7.85. The topological polar surface area (TPSA) is 71.5 Å². The van der Waals surface area contributed by atoms with Crippen molar-refractivity contribution in [3.8, 4) is 10.6 Å². The molecule has 3 aromatic rings. The van der Waals surface area contributed by atoms with Gasteiger partial charge in [-0.2, -0.15) is 0 Å². The minimum absolute atomic E-state index is 0.0963. The molecule has 1 aliphatic rings. The van der Waals surface area contributed by atoms with E-state index < -0.39 is 0 Å². The Morgan fingerprint density at radius 3 is 2.71 bits per heavy atom. The van der Waals surface area contributed by atoms with Gasteiger partial charge in [0, 0.05) is 30.2 Å². The molecule has 0 bridgehead atoms. The minimum Gasteiger partial charge on any atom is -0.465 e. The van der Waals surface area contributed by atoms with Crippen LogP contribution in [0, 0.1) is 12.8 Å². The van der Waals surface area contributed by atoms with E-state index in [1.165, 1.54) is 18.4 Å². The van der Waals surface area contributed by atoms with E-state index in [-0.39, 0.29) is 17.8 Å². The van der Waals surface area contributed by atoms with Crippen LogP contribution in [0.3, 0.4) is 0 Å². The van der Waals surface area contributed by atoms with Gasteiger partial charge < -0.3 is 15.0 Å². The SMILES string of the molecule is COC(=O)c1ccccc1N1CCCCC(CNC(=O)c2sc(-c3ccc(Cl)cc3)nc2C)C1. The number of hydrogen-bond donors (Lipinski definition) is 1. The molecule has 1 atom stereocenters. The van der Waals surface area contributed by atoms with Crippen molar-refractivity contribution >= 4 is 40.5 Å². The van der Waals surface area contributed by atoms with Crippen molar-refractivity contribution in [1.82, 2.24) is 10.3 Å². The maximum atomic E-state index is 13.0. The van der Waals surface area contributed by atoms with E-state index in [0.717, 1.165) is 54.3 Å². The van der Waals surface area contributed by atoms with Crippen LogP contribution in [0.4, 0.5) is 5.69 Å². The van der Waals surface area contributed by atoms with Gasteiger partial charge in [-0.3, -0.25) is 4.79 Å². The van der Waals surface area contributed by atoms with Crippen LogP contribution in [-0.4, -0.2) is 43.6 Å². The number of methoxy groups -OCH3 is 1. The molecule has 0 saturated carbocycles. The van der Waals surface area contributed by atoms with Crippen LogP contribution < -0.4 is 10.2 Å². The van der Waals surface area contributed by atoms with Crippen molar-refractivity contribution in [3.63, 3.8) is 0 Å². The van der Waals surface area contributed by atoms with Crippen LogP contribution in [-0.2, 0) is 4.74 Å². The van der Waals surface area contributed by atoms with Crippen molar-refractivity contribution in [2.45, 2.75) is 26.2 Å². The quantitative estimate of drug-likeness (QED) is 0.449. The Labute approximate surface area is 208 Å². The smallest absolute Gasteiger partial charge is 0.339 e. The lowest BCUT2D eigenvalue weighted by Gasteiger charge is -2.28. The van der Waals surface area contributed by atoms with E-state index in [2.05, 4.69) is 15.2 Å². The zero-order chi connectivity index (χ0) is 24.1. The van der Waals surface area contributed by atoms with Gasteiger partial charge in [-0.05, 0) is 49.9 Å². The van der Waals surface area contributed by atoms with Crippen LogP contribution in [0.15, 0.2) is 48.5 Å². The Morgan fingerprint density at radius 1 is 1.18 bits per heavy atom. The molecule has 0 spiro atoms. The first-order chi connectivity index (χ1) is 16.5. The third-order valence-electron chi connectivity index (χ3n) is 6.06. The summed E-state index contributed by atoms with van der Waals surface area (Å²) >= 11 is 7.38. The van der Waals surface area contributed by atoms with Gasteiger partial charge in [0.25, 0.3) is 5.91 Å². The summed E-state index contributed by atoms with van der Waals surface area (Å²) in [4.78, 5) is 32.7.